The van der Waals surface area contributed by atoms with Crippen LogP contribution in [-0.4, -0.2) is 9.97 Å². The van der Waals surface area contributed by atoms with Gasteiger partial charge in [0.15, 0.2) is 0 Å². The van der Waals surface area contributed by atoms with Crippen LogP contribution in [-0.2, 0) is 0 Å². The summed E-state index contributed by atoms with van der Waals surface area (Å²) < 4.78 is 0. The van der Waals surface area contributed by atoms with E-state index in [0.29, 0.717) is 0 Å². The Labute approximate surface area is 251 Å². The van der Waals surface area contributed by atoms with Gasteiger partial charge in [0.2, 0.25) is 0 Å². The summed E-state index contributed by atoms with van der Waals surface area (Å²) in [5, 5.41) is 7.48. The fourth-order valence-corrected chi connectivity index (χ4v) is 6.37. The Balaban J connectivity index is 1.31. The minimum atomic E-state index is 0.940. The lowest BCUT2D eigenvalue weighted by atomic mass is 9.85. The second-order valence-corrected chi connectivity index (χ2v) is 11.2. The molecule has 0 aliphatic rings. The van der Waals surface area contributed by atoms with Crippen LogP contribution in [0, 0.1) is 6.92 Å². The highest BCUT2D eigenvalue weighted by atomic mass is 14.7. The van der Waals surface area contributed by atoms with Crippen LogP contribution in [0.2, 0.25) is 0 Å². The van der Waals surface area contributed by atoms with Crippen molar-refractivity contribution in [3.05, 3.63) is 158 Å². The first-order valence-corrected chi connectivity index (χ1v) is 14.6. The van der Waals surface area contributed by atoms with Crippen LogP contribution >= 0.6 is 0 Å². The van der Waals surface area contributed by atoms with Gasteiger partial charge in [0.05, 0.1) is 5.69 Å². The number of nitrogens with zero attached hydrogens (tertiary/aromatic N) is 2. The van der Waals surface area contributed by atoms with Crippen molar-refractivity contribution in [3.63, 3.8) is 0 Å². The van der Waals surface area contributed by atoms with Crippen molar-refractivity contribution in [1.29, 1.82) is 0 Å². The van der Waals surface area contributed by atoms with Gasteiger partial charge in [-0.15, -0.1) is 0 Å². The van der Waals surface area contributed by atoms with Crippen molar-refractivity contribution in [2.45, 2.75) is 6.92 Å². The lowest BCUT2D eigenvalue weighted by Gasteiger charge is -2.18. The zero-order valence-corrected chi connectivity index (χ0v) is 23.8. The Morgan fingerprint density at radius 3 is 1.67 bits per heavy atom. The molecule has 2 heteroatoms. The summed E-state index contributed by atoms with van der Waals surface area (Å²) >= 11 is 0. The smallest absolute Gasteiger partial charge is 0.0720 e. The summed E-state index contributed by atoms with van der Waals surface area (Å²) in [6.45, 7) is 2.09. The van der Waals surface area contributed by atoms with E-state index in [-0.39, 0.29) is 0 Å². The summed E-state index contributed by atoms with van der Waals surface area (Å²) in [6.07, 6.45) is 5.68. The highest BCUT2D eigenvalue weighted by Gasteiger charge is 2.16. The van der Waals surface area contributed by atoms with Gasteiger partial charge >= 0.3 is 0 Å². The van der Waals surface area contributed by atoms with Crippen molar-refractivity contribution >= 4 is 32.3 Å². The van der Waals surface area contributed by atoms with Crippen molar-refractivity contribution < 1.29 is 0 Å². The summed E-state index contributed by atoms with van der Waals surface area (Å²) in [5.74, 6) is 0. The molecule has 0 unspecified atom stereocenters. The molecule has 0 fully saturated rings. The van der Waals surface area contributed by atoms with E-state index in [0.717, 1.165) is 22.4 Å². The molecule has 8 rings (SSSR count). The van der Waals surface area contributed by atoms with Crippen LogP contribution in [0.15, 0.2) is 152 Å². The molecule has 2 nitrogen and oxygen atoms in total. The topological polar surface area (TPSA) is 25.8 Å². The van der Waals surface area contributed by atoms with Crippen LogP contribution in [0.4, 0.5) is 0 Å². The van der Waals surface area contributed by atoms with Gasteiger partial charge in [0, 0.05) is 29.7 Å². The molecule has 0 amide bonds. The highest BCUT2D eigenvalue weighted by molar-refractivity contribution is 6.21. The van der Waals surface area contributed by atoms with Crippen molar-refractivity contribution in [2.24, 2.45) is 0 Å². The van der Waals surface area contributed by atoms with Gasteiger partial charge in [-0.3, -0.25) is 9.97 Å². The minimum Gasteiger partial charge on any atom is -0.263 e. The lowest BCUT2D eigenvalue weighted by Crippen LogP contribution is -1.91. The molecule has 6 aromatic carbocycles. The molecule has 2 heterocycles. The zero-order valence-electron chi connectivity index (χ0n) is 23.8. The van der Waals surface area contributed by atoms with Crippen molar-refractivity contribution in [3.8, 4) is 44.6 Å². The third kappa shape index (κ3) is 4.45. The second-order valence-electron chi connectivity index (χ2n) is 11.2. The molecule has 0 N–H and O–H groups in total. The molecule has 0 spiro atoms. The van der Waals surface area contributed by atoms with Gasteiger partial charge in [0.25, 0.3) is 0 Å². The molecule has 0 radical (unpaired) electrons. The fraction of sp³-hybridized carbons (Fsp3) is 0.0244. The monoisotopic (exact) mass is 548 g/mol. The van der Waals surface area contributed by atoms with Gasteiger partial charge in [-0.1, -0.05) is 103 Å². The van der Waals surface area contributed by atoms with Crippen LogP contribution in [0.3, 0.4) is 0 Å². The van der Waals surface area contributed by atoms with Gasteiger partial charge in [-0.05, 0) is 103 Å². The van der Waals surface area contributed by atoms with Crippen molar-refractivity contribution in [1.82, 2.24) is 9.97 Å². The van der Waals surface area contributed by atoms with E-state index in [9.17, 15) is 0 Å². The van der Waals surface area contributed by atoms with E-state index in [1.54, 1.807) is 0 Å². The molecule has 2 aromatic heterocycles. The fourth-order valence-electron chi connectivity index (χ4n) is 6.37. The largest absolute Gasteiger partial charge is 0.263 e. The maximum atomic E-state index is 4.57. The Morgan fingerprint density at radius 2 is 1.00 bits per heavy atom. The maximum absolute atomic E-state index is 4.57. The standard InChI is InChI=1S/C41H28N2/c1-27-19-20-43-39(21-27)34-24-33(25-42-26-34)30-17-15-28-16-18-31(23-32(28)22-30)41-37-13-7-5-11-35(37)40(29-9-3-2-4-10-29)36-12-6-8-14-38(36)41/h2-26H,1H3. The Kier molecular flexibility index (Phi) is 6.05. The molecular formula is C41H28N2. The molecule has 43 heavy (non-hydrogen) atoms. The molecular weight excluding hydrogens is 520 g/mol. The molecule has 0 saturated carbocycles. The zero-order chi connectivity index (χ0) is 28.8. The Bertz CT molecular complexity index is 2240. The lowest BCUT2D eigenvalue weighted by molar-refractivity contribution is 1.26. The first-order chi connectivity index (χ1) is 21.2. The first-order valence-electron chi connectivity index (χ1n) is 14.6. The third-order valence-corrected chi connectivity index (χ3v) is 8.41. The third-order valence-electron chi connectivity index (χ3n) is 8.41. The summed E-state index contributed by atoms with van der Waals surface area (Å²) in [6, 6.07) is 48.2. The second kappa shape index (κ2) is 10.3. The molecule has 0 aliphatic heterocycles. The van der Waals surface area contributed by atoms with Crippen LogP contribution in [0.25, 0.3) is 77.0 Å². The van der Waals surface area contributed by atoms with E-state index < -0.39 is 0 Å². The average molecular weight is 549 g/mol. The molecule has 0 saturated heterocycles. The number of aryl methyl sites for hydroxylation is 1. The number of fused-ring (bicyclic) bond motifs is 3. The van der Waals surface area contributed by atoms with E-state index in [4.69, 9.17) is 0 Å². The Morgan fingerprint density at radius 1 is 0.419 bits per heavy atom. The SMILES string of the molecule is Cc1ccnc(-c2cncc(-c3ccc4ccc(-c5c6ccccc6c(-c6ccccc6)c6ccccc56)cc4c3)c2)c1. The van der Waals surface area contributed by atoms with E-state index >= 15 is 0 Å². The van der Waals surface area contributed by atoms with Gasteiger partial charge in [0.1, 0.15) is 0 Å². The minimum absolute atomic E-state index is 0.940. The van der Waals surface area contributed by atoms with Gasteiger partial charge in [-0.2, -0.15) is 0 Å². The average Bonchev–Trinajstić information content (AvgIpc) is 3.07. The normalized spacial score (nSPS) is 11.4. The number of aromatic nitrogens is 2. The summed E-state index contributed by atoms with van der Waals surface area (Å²) in [5.41, 5.74) is 10.4. The van der Waals surface area contributed by atoms with Gasteiger partial charge in [-0.25, -0.2) is 0 Å². The number of benzene rings is 6. The van der Waals surface area contributed by atoms with Gasteiger partial charge < -0.3 is 0 Å². The summed E-state index contributed by atoms with van der Waals surface area (Å²) in [4.78, 5) is 9.15. The first kappa shape index (κ1) is 25.1. The molecule has 202 valence electrons. The van der Waals surface area contributed by atoms with Crippen molar-refractivity contribution in [2.75, 3.05) is 0 Å². The maximum Gasteiger partial charge on any atom is 0.0720 e. The number of rotatable bonds is 4. The molecule has 0 bridgehead atoms. The molecule has 0 atom stereocenters. The Hall–Kier alpha value is -5.60. The quantitative estimate of drug-likeness (QED) is 0.204. The van der Waals surface area contributed by atoms with Crippen LogP contribution in [0.5, 0.6) is 0 Å². The van der Waals surface area contributed by atoms with E-state index in [1.165, 1.54) is 60.1 Å². The van der Waals surface area contributed by atoms with Crippen LogP contribution < -0.4 is 0 Å². The number of hydrogen-bond donors (Lipinski definition) is 0. The van der Waals surface area contributed by atoms with Crippen LogP contribution in [0.1, 0.15) is 5.56 Å². The molecule has 0 aliphatic carbocycles. The number of hydrogen-bond acceptors (Lipinski definition) is 2. The molecule has 8 aromatic rings. The summed E-state index contributed by atoms with van der Waals surface area (Å²) in [7, 11) is 0. The predicted molar refractivity (Wildman–Crippen MR) is 181 cm³/mol. The predicted octanol–water partition coefficient (Wildman–Crippen LogP) is 10.9. The van der Waals surface area contributed by atoms with E-state index in [1.807, 2.05) is 24.7 Å². The number of pyridine rings is 2. The highest BCUT2D eigenvalue weighted by Crippen LogP contribution is 2.44. The van der Waals surface area contributed by atoms with E-state index in [2.05, 4.69) is 144 Å².